The van der Waals surface area contributed by atoms with E-state index in [0.717, 1.165) is 10.6 Å². The Kier molecular flexibility index (Phi) is 4.09. The molecule has 0 saturated heterocycles. The van der Waals surface area contributed by atoms with Crippen LogP contribution in [0.1, 0.15) is 0 Å². The summed E-state index contributed by atoms with van der Waals surface area (Å²) in [5.41, 5.74) is 2.11. The first kappa shape index (κ1) is 14.9. The molecule has 0 atom stereocenters. The van der Waals surface area contributed by atoms with Crippen LogP contribution in [0.25, 0.3) is 16.9 Å². The van der Waals surface area contributed by atoms with Crippen LogP contribution in [0.4, 0.5) is 4.39 Å². The van der Waals surface area contributed by atoms with Crippen LogP contribution in [0, 0.1) is 5.82 Å². The quantitative estimate of drug-likeness (QED) is 0.707. The number of aromatic nitrogens is 2. The molecule has 112 valence electrons. The Morgan fingerprint density at radius 1 is 1.18 bits per heavy atom. The van der Waals surface area contributed by atoms with Gasteiger partial charge in [-0.1, -0.05) is 11.6 Å². The summed E-state index contributed by atoms with van der Waals surface area (Å²) in [4.78, 5) is 4.97. The lowest BCUT2D eigenvalue weighted by atomic mass is 10.1. The van der Waals surface area contributed by atoms with Gasteiger partial charge in [-0.25, -0.2) is 9.37 Å². The van der Waals surface area contributed by atoms with Crippen LogP contribution >= 0.6 is 24.2 Å². The van der Waals surface area contributed by atoms with E-state index in [0.29, 0.717) is 16.4 Å². The molecule has 0 unspecified atom stereocenters. The summed E-state index contributed by atoms with van der Waals surface area (Å²) in [6.07, 6.45) is 1.60. The molecule has 0 spiro atoms. The third-order valence-corrected chi connectivity index (χ3v) is 3.85. The zero-order valence-electron chi connectivity index (χ0n) is 11.6. The maximum absolute atomic E-state index is 14.0. The van der Waals surface area contributed by atoms with E-state index in [1.807, 2.05) is 24.3 Å². The maximum atomic E-state index is 14.0. The molecule has 3 nitrogen and oxygen atoms in total. The first-order valence-electron chi connectivity index (χ1n) is 6.46. The van der Waals surface area contributed by atoms with Crippen molar-refractivity contribution >= 4 is 24.2 Å². The topological polar surface area (TPSA) is 27.1 Å². The summed E-state index contributed by atoms with van der Waals surface area (Å²) in [6.45, 7) is 0. The molecule has 0 bridgehead atoms. The van der Waals surface area contributed by atoms with Crippen LogP contribution < -0.4 is 4.74 Å². The summed E-state index contributed by atoms with van der Waals surface area (Å²) < 4.78 is 20.7. The molecule has 3 rings (SSSR count). The fourth-order valence-electron chi connectivity index (χ4n) is 2.21. The molecule has 0 radical (unpaired) electrons. The van der Waals surface area contributed by atoms with Crippen molar-refractivity contribution in [3.63, 3.8) is 0 Å². The second-order valence-corrected chi connectivity index (χ2v) is 5.49. The highest BCUT2D eigenvalue weighted by Gasteiger charge is 2.15. The van der Waals surface area contributed by atoms with Crippen molar-refractivity contribution < 1.29 is 9.13 Å². The number of benzene rings is 2. The van der Waals surface area contributed by atoms with E-state index in [1.54, 1.807) is 23.0 Å². The highest BCUT2D eigenvalue weighted by molar-refractivity contribution is 7.80. The zero-order valence-corrected chi connectivity index (χ0v) is 13.3. The standard InChI is InChI=1S/C16H12ClFN2OS/c1-21-14-7-2-10(8-13(14)18)15-16(17)19-9-20(15)11-3-5-12(22)6-4-11/h2-9,22H,1H3. The third-order valence-electron chi connectivity index (χ3n) is 3.28. The lowest BCUT2D eigenvalue weighted by Crippen LogP contribution is -1.96. The first-order valence-corrected chi connectivity index (χ1v) is 7.29. The van der Waals surface area contributed by atoms with Gasteiger partial charge in [0.25, 0.3) is 0 Å². The second kappa shape index (κ2) is 6.02. The van der Waals surface area contributed by atoms with Gasteiger partial charge in [0.1, 0.15) is 6.33 Å². The van der Waals surface area contributed by atoms with Gasteiger partial charge < -0.3 is 4.74 Å². The molecule has 0 aliphatic heterocycles. The van der Waals surface area contributed by atoms with Crippen molar-refractivity contribution in [1.82, 2.24) is 9.55 Å². The summed E-state index contributed by atoms with van der Waals surface area (Å²) in [7, 11) is 1.42. The van der Waals surface area contributed by atoms with Crippen LogP contribution in [-0.4, -0.2) is 16.7 Å². The molecular weight excluding hydrogens is 323 g/mol. The van der Waals surface area contributed by atoms with Crippen LogP contribution in [0.3, 0.4) is 0 Å². The highest BCUT2D eigenvalue weighted by Crippen LogP contribution is 2.32. The van der Waals surface area contributed by atoms with Gasteiger partial charge in [-0.05, 0) is 42.5 Å². The number of halogens is 2. The van der Waals surface area contributed by atoms with Crippen LogP contribution in [0.15, 0.2) is 53.7 Å². The summed E-state index contributed by atoms with van der Waals surface area (Å²) in [5, 5.41) is 0.305. The molecule has 0 aliphatic rings. The van der Waals surface area contributed by atoms with Crippen molar-refractivity contribution in [2.45, 2.75) is 4.90 Å². The number of hydrogen-bond acceptors (Lipinski definition) is 3. The minimum atomic E-state index is -0.450. The molecular formula is C16H12ClFN2OS. The van der Waals surface area contributed by atoms with Gasteiger partial charge in [0, 0.05) is 16.1 Å². The molecule has 0 aliphatic carbocycles. The van der Waals surface area contributed by atoms with Crippen LogP contribution in [-0.2, 0) is 0 Å². The Hall–Kier alpha value is -1.98. The van der Waals surface area contributed by atoms with E-state index in [4.69, 9.17) is 16.3 Å². The molecule has 0 N–H and O–H groups in total. The predicted octanol–water partition coefficient (Wildman–Crippen LogP) is 4.63. The fourth-order valence-corrected chi connectivity index (χ4v) is 2.60. The smallest absolute Gasteiger partial charge is 0.165 e. The second-order valence-electron chi connectivity index (χ2n) is 4.62. The van der Waals surface area contributed by atoms with Gasteiger partial charge >= 0.3 is 0 Å². The van der Waals surface area contributed by atoms with Gasteiger partial charge in [0.05, 0.1) is 12.8 Å². The number of rotatable bonds is 3. The van der Waals surface area contributed by atoms with Crippen LogP contribution in [0.5, 0.6) is 5.75 Å². The number of thiol groups is 1. The number of hydrogen-bond donors (Lipinski definition) is 1. The normalized spacial score (nSPS) is 10.7. The summed E-state index contributed by atoms with van der Waals surface area (Å²) in [5.74, 6) is -0.264. The van der Waals surface area contributed by atoms with Gasteiger partial charge in [-0.15, -0.1) is 12.6 Å². The van der Waals surface area contributed by atoms with Crippen molar-refractivity contribution in [3.05, 3.63) is 59.8 Å². The van der Waals surface area contributed by atoms with E-state index in [9.17, 15) is 4.39 Å². The van der Waals surface area contributed by atoms with Crippen LogP contribution in [0.2, 0.25) is 5.15 Å². The summed E-state index contributed by atoms with van der Waals surface area (Å²) >= 11 is 10.5. The van der Waals surface area contributed by atoms with E-state index in [2.05, 4.69) is 17.6 Å². The Bertz CT molecular complexity index is 818. The predicted molar refractivity (Wildman–Crippen MR) is 87.8 cm³/mol. The number of nitrogens with zero attached hydrogens (tertiary/aromatic N) is 2. The Morgan fingerprint density at radius 3 is 2.55 bits per heavy atom. The highest BCUT2D eigenvalue weighted by atomic mass is 35.5. The van der Waals surface area contributed by atoms with Gasteiger partial charge in [0.2, 0.25) is 0 Å². The maximum Gasteiger partial charge on any atom is 0.165 e. The molecule has 6 heteroatoms. The number of imidazole rings is 1. The van der Waals surface area contributed by atoms with Gasteiger partial charge in [-0.2, -0.15) is 0 Å². The average molecular weight is 335 g/mol. The fraction of sp³-hybridized carbons (Fsp3) is 0.0625. The van der Waals surface area contributed by atoms with Crippen molar-refractivity contribution in [1.29, 1.82) is 0 Å². The number of ether oxygens (including phenoxy) is 1. The Labute approximate surface area is 137 Å². The van der Waals surface area contributed by atoms with Crippen molar-refractivity contribution in [3.8, 4) is 22.7 Å². The van der Waals surface area contributed by atoms with E-state index in [1.165, 1.54) is 13.2 Å². The molecule has 1 heterocycles. The molecule has 1 aromatic heterocycles. The van der Waals surface area contributed by atoms with Crippen molar-refractivity contribution in [2.24, 2.45) is 0 Å². The van der Waals surface area contributed by atoms with Crippen molar-refractivity contribution in [2.75, 3.05) is 7.11 Å². The Morgan fingerprint density at radius 2 is 1.91 bits per heavy atom. The number of methoxy groups -OCH3 is 1. The largest absolute Gasteiger partial charge is 0.494 e. The van der Waals surface area contributed by atoms with Gasteiger partial charge in [-0.3, -0.25) is 4.57 Å². The minimum absolute atomic E-state index is 0.186. The Balaban J connectivity index is 2.13. The third kappa shape index (κ3) is 2.69. The lowest BCUT2D eigenvalue weighted by molar-refractivity contribution is 0.386. The van der Waals surface area contributed by atoms with E-state index >= 15 is 0 Å². The summed E-state index contributed by atoms with van der Waals surface area (Å²) in [6, 6.07) is 12.2. The van der Waals surface area contributed by atoms with Gasteiger partial charge in [0.15, 0.2) is 16.7 Å². The monoisotopic (exact) mass is 334 g/mol. The molecule has 22 heavy (non-hydrogen) atoms. The minimum Gasteiger partial charge on any atom is -0.494 e. The molecule has 2 aromatic carbocycles. The average Bonchev–Trinajstić information content (AvgIpc) is 2.89. The molecule has 0 saturated carbocycles. The lowest BCUT2D eigenvalue weighted by Gasteiger charge is -2.10. The zero-order chi connectivity index (χ0) is 15.7. The SMILES string of the molecule is COc1ccc(-c2c(Cl)ncn2-c2ccc(S)cc2)cc1F. The molecule has 0 fully saturated rings. The van der Waals surface area contributed by atoms with E-state index in [-0.39, 0.29) is 5.75 Å². The molecule has 3 aromatic rings. The molecule has 0 amide bonds. The first-order chi connectivity index (χ1) is 10.6. The van der Waals surface area contributed by atoms with E-state index < -0.39 is 5.82 Å².